The minimum absolute atomic E-state index is 0. The third-order valence-electron chi connectivity index (χ3n) is 6.04. The molecule has 1 N–H and O–H groups in total. The molecule has 0 unspecified atom stereocenters. The Morgan fingerprint density at radius 3 is 2.57 bits per heavy atom. The Kier molecular flexibility index (Phi) is 10.1. The number of rotatable bonds is 8. The molecule has 37 heavy (non-hydrogen) atoms. The number of halogens is 3. The fraction of sp³-hybridized carbons (Fsp3) is 0.346. The smallest absolute Gasteiger partial charge is 0.411 e. The van der Waals surface area contributed by atoms with Gasteiger partial charge in [-0.2, -0.15) is 5.10 Å². The SMILES string of the molecule is CN1CCN(CCCOC(=O)Nc2cccc(Cn3nc(-c4ccc(F)c(F)c4)ccc3=O)c2)CC1.Cl. The van der Waals surface area contributed by atoms with Gasteiger partial charge in [-0.1, -0.05) is 12.1 Å². The Bertz CT molecular complexity index is 1260. The van der Waals surface area contributed by atoms with Crippen molar-refractivity contribution in [3.63, 3.8) is 0 Å². The molecule has 1 aliphatic rings. The van der Waals surface area contributed by atoms with Crippen molar-refractivity contribution in [1.29, 1.82) is 0 Å². The van der Waals surface area contributed by atoms with Gasteiger partial charge in [-0.25, -0.2) is 18.3 Å². The number of nitrogens with zero attached hydrogens (tertiary/aromatic N) is 4. The van der Waals surface area contributed by atoms with Crippen molar-refractivity contribution < 1.29 is 18.3 Å². The zero-order chi connectivity index (χ0) is 25.5. The van der Waals surface area contributed by atoms with Crippen molar-refractivity contribution in [1.82, 2.24) is 19.6 Å². The molecule has 11 heteroatoms. The van der Waals surface area contributed by atoms with Crippen LogP contribution >= 0.6 is 12.4 Å². The highest BCUT2D eigenvalue weighted by molar-refractivity contribution is 5.85. The van der Waals surface area contributed by atoms with Crippen LogP contribution in [0.5, 0.6) is 0 Å². The van der Waals surface area contributed by atoms with Crippen molar-refractivity contribution in [3.8, 4) is 11.3 Å². The van der Waals surface area contributed by atoms with Crippen LogP contribution in [0.2, 0.25) is 0 Å². The zero-order valence-corrected chi connectivity index (χ0v) is 21.3. The van der Waals surface area contributed by atoms with Gasteiger partial charge >= 0.3 is 6.09 Å². The highest BCUT2D eigenvalue weighted by Crippen LogP contribution is 2.19. The van der Waals surface area contributed by atoms with Crippen molar-refractivity contribution in [2.24, 2.45) is 0 Å². The molecular weight excluding hydrogens is 504 g/mol. The van der Waals surface area contributed by atoms with E-state index in [1.807, 2.05) is 0 Å². The number of nitrogens with one attached hydrogen (secondary N) is 1. The van der Waals surface area contributed by atoms with Gasteiger partial charge in [0.1, 0.15) is 0 Å². The van der Waals surface area contributed by atoms with E-state index in [2.05, 4.69) is 27.3 Å². The Morgan fingerprint density at radius 1 is 1.03 bits per heavy atom. The number of anilines is 1. The van der Waals surface area contributed by atoms with Gasteiger partial charge in [0.15, 0.2) is 11.6 Å². The normalized spacial score (nSPS) is 14.1. The summed E-state index contributed by atoms with van der Waals surface area (Å²) in [5, 5.41) is 7.00. The first kappa shape index (κ1) is 28.2. The first-order chi connectivity index (χ1) is 17.4. The van der Waals surface area contributed by atoms with Crippen LogP contribution in [-0.4, -0.2) is 72.1 Å². The highest BCUT2D eigenvalue weighted by Gasteiger charge is 2.13. The van der Waals surface area contributed by atoms with Crippen LogP contribution in [0.1, 0.15) is 12.0 Å². The molecule has 0 saturated carbocycles. The largest absolute Gasteiger partial charge is 0.449 e. The number of ether oxygens (including phenoxy) is 1. The van der Waals surface area contributed by atoms with Gasteiger partial charge in [0, 0.05) is 50.0 Å². The molecule has 0 bridgehead atoms. The number of amides is 1. The van der Waals surface area contributed by atoms with Crippen molar-refractivity contribution in [2.45, 2.75) is 13.0 Å². The number of likely N-dealkylation sites (N-methyl/N-ethyl adjacent to an activating group) is 1. The molecule has 0 radical (unpaired) electrons. The maximum absolute atomic E-state index is 13.6. The van der Waals surface area contributed by atoms with Crippen molar-refractivity contribution in [3.05, 3.63) is 82.1 Å². The van der Waals surface area contributed by atoms with Crippen LogP contribution in [0.4, 0.5) is 19.3 Å². The lowest BCUT2D eigenvalue weighted by molar-refractivity contribution is 0.130. The molecule has 8 nitrogen and oxygen atoms in total. The second kappa shape index (κ2) is 13.3. The number of carbonyl (C=O) groups excluding carboxylic acids is 1. The number of carbonyl (C=O) groups is 1. The Morgan fingerprint density at radius 2 is 1.81 bits per heavy atom. The van der Waals surface area contributed by atoms with Crippen LogP contribution in [0.15, 0.2) is 59.4 Å². The fourth-order valence-electron chi connectivity index (χ4n) is 3.97. The summed E-state index contributed by atoms with van der Waals surface area (Å²) in [6, 6.07) is 13.2. The quantitative estimate of drug-likeness (QED) is 0.443. The van der Waals surface area contributed by atoms with Gasteiger partial charge < -0.3 is 14.5 Å². The van der Waals surface area contributed by atoms with E-state index in [1.165, 1.54) is 22.9 Å². The molecular formula is C26H30ClF2N5O3. The molecule has 198 valence electrons. The average molecular weight is 534 g/mol. The first-order valence-electron chi connectivity index (χ1n) is 11.8. The minimum atomic E-state index is -0.989. The second-order valence-electron chi connectivity index (χ2n) is 8.80. The summed E-state index contributed by atoms with van der Waals surface area (Å²) in [4.78, 5) is 29.2. The topological polar surface area (TPSA) is 79.7 Å². The van der Waals surface area contributed by atoms with Crippen LogP contribution in [-0.2, 0) is 11.3 Å². The van der Waals surface area contributed by atoms with Crippen LogP contribution in [0, 0.1) is 11.6 Å². The maximum Gasteiger partial charge on any atom is 0.411 e. The van der Waals surface area contributed by atoms with Crippen LogP contribution in [0.25, 0.3) is 11.3 Å². The standard InChI is InChI=1S/C26H29F2N5O3.ClH/c1-31-11-13-32(14-12-31)10-3-15-36-26(35)29-21-5-2-4-19(16-21)18-33-25(34)9-8-24(30-33)20-6-7-22(27)23(28)17-20;/h2,4-9,16-17H,3,10-15,18H2,1H3,(H,29,35);1H. The van der Waals surface area contributed by atoms with E-state index in [0.29, 0.717) is 23.6 Å². The molecule has 3 aromatic rings. The van der Waals surface area contributed by atoms with E-state index in [4.69, 9.17) is 4.74 Å². The number of piperazine rings is 1. The van der Waals surface area contributed by atoms with Gasteiger partial charge in [0.2, 0.25) is 0 Å². The number of hydrogen-bond donors (Lipinski definition) is 1. The van der Waals surface area contributed by atoms with Crippen molar-refractivity contribution in [2.75, 3.05) is 51.7 Å². The minimum Gasteiger partial charge on any atom is -0.449 e. The molecule has 1 fully saturated rings. The molecule has 2 heterocycles. The number of aromatic nitrogens is 2. The maximum atomic E-state index is 13.6. The first-order valence-corrected chi connectivity index (χ1v) is 11.8. The lowest BCUT2D eigenvalue weighted by Crippen LogP contribution is -2.44. The predicted molar refractivity (Wildman–Crippen MR) is 140 cm³/mol. The summed E-state index contributed by atoms with van der Waals surface area (Å²) < 4.78 is 33.4. The van der Waals surface area contributed by atoms with E-state index in [9.17, 15) is 18.4 Å². The predicted octanol–water partition coefficient (Wildman–Crippen LogP) is 3.84. The van der Waals surface area contributed by atoms with E-state index in [1.54, 1.807) is 24.3 Å². The molecule has 1 aliphatic heterocycles. The summed E-state index contributed by atoms with van der Waals surface area (Å²) in [6.07, 6.45) is 0.223. The fourth-order valence-corrected chi connectivity index (χ4v) is 3.97. The van der Waals surface area contributed by atoms with Gasteiger partial charge in [0.05, 0.1) is 18.8 Å². The summed E-state index contributed by atoms with van der Waals surface area (Å²) in [6.45, 7) is 5.50. The molecule has 1 saturated heterocycles. The molecule has 2 aromatic carbocycles. The van der Waals surface area contributed by atoms with Gasteiger partial charge in [-0.3, -0.25) is 10.1 Å². The molecule has 1 aromatic heterocycles. The van der Waals surface area contributed by atoms with E-state index < -0.39 is 17.7 Å². The molecule has 0 aliphatic carbocycles. The third kappa shape index (κ3) is 8.08. The second-order valence-corrected chi connectivity index (χ2v) is 8.80. The summed E-state index contributed by atoms with van der Waals surface area (Å²) in [5.41, 5.74) is 1.59. The average Bonchev–Trinajstić information content (AvgIpc) is 2.86. The molecule has 0 atom stereocenters. The summed E-state index contributed by atoms with van der Waals surface area (Å²) in [5.74, 6) is -1.94. The third-order valence-corrected chi connectivity index (χ3v) is 6.04. The zero-order valence-electron chi connectivity index (χ0n) is 20.5. The Labute approximate surface area is 220 Å². The number of hydrogen-bond acceptors (Lipinski definition) is 6. The Hall–Kier alpha value is -3.34. The monoisotopic (exact) mass is 533 g/mol. The van der Waals surface area contributed by atoms with E-state index in [-0.39, 0.29) is 24.5 Å². The summed E-state index contributed by atoms with van der Waals surface area (Å²) >= 11 is 0. The van der Waals surface area contributed by atoms with Gasteiger partial charge in [0.25, 0.3) is 5.56 Å². The van der Waals surface area contributed by atoms with E-state index in [0.717, 1.165) is 56.8 Å². The van der Waals surface area contributed by atoms with Crippen molar-refractivity contribution >= 4 is 24.2 Å². The number of benzene rings is 2. The molecule has 1 amide bonds. The van der Waals surface area contributed by atoms with Gasteiger partial charge in [-0.05, 0) is 55.4 Å². The lowest BCUT2D eigenvalue weighted by atomic mass is 10.1. The van der Waals surface area contributed by atoms with Crippen LogP contribution < -0.4 is 10.9 Å². The van der Waals surface area contributed by atoms with Crippen LogP contribution in [0.3, 0.4) is 0 Å². The molecule has 4 rings (SSSR count). The van der Waals surface area contributed by atoms with E-state index >= 15 is 0 Å². The summed E-state index contributed by atoms with van der Waals surface area (Å²) in [7, 11) is 2.11. The Balaban J connectivity index is 0.00000380. The van der Waals surface area contributed by atoms with Gasteiger partial charge in [-0.15, -0.1) is 12.4 Å². The molecule has 0 spiro atoms. The lowest BCUT2D eigenvalue weighted by Gasteiger charge is -2.32. The highest BCUT2D eigenvalue weighted by atomic mass is 35.5.